The number of aromatic hydroxyl groups is 1. The molecule has 208 valence electrons. The Hall–Kier alpha value is -3.16. The maximum Gasteiger partial charge on any atom is 0.329 e. The number of sulfonamides is 1. The van der Waals surface area contributed by atoms with E-state index in [-0.39, 0.29) is 27.5 Å². The van der Waals surface area contributed by atoms with E-state index in [2.05, 4.69) is 37.6 Å². The van der Waals surface area contributed by atoms with E-state index in [1.165, 1.54) is 23.8 Å². The molecule has 39 heavy (non-hydrogen) atoms. The number of nitrogens with one attached hydrogen (secondary N) is 1. The number of aryl methyl sites for hydroxylation is 2. The molecular formula is C32H39NO5S. The lowest BCUT2D eigenvalue weighted by molar-refractivity contribution is -0.159. The molecule has 0 spiro atoms. The number of ether oxygens (including phenoxy) is 1. The molecule has 0 heterocycles. The van der Waals surface area contributed by atoms with Gasteiger partial charge >= 0.3 is 5.97 Å². The highest BCUT2D eigenvalue weighted by molar-refractivity contribution is 7.89. The van der Waals surface area contributed by atoms with Crippen molar-refractivity contribution in [3.05, 3.63) is 95.1 Å². The van der Waals surface area contributed by atoms with Gasteiger partial charge in [-0.1, -0.05) is 92.9 Å². The lowest BCUT2D eigenvalue weighted by Crippen LogP contribution is -2.45. The highest BCUT2D eigenvalue weighted by Crippen LogP contribution is 2.44. The van der Waals surface area contributed by atoms with Crippen molar-refractivity contribution in [1.82, 2.24) is 4.72 Å². The molecule has 0 aromatic heterocycles. The third kappa shape index (κ3) is 6.53. The van der Waals surface area contributed by atoms with Crippen molar-refractivity contribution in [3.63, 3.8) is 0 Å². The number of benzene rings is 3. The number of carbonyl (C=O) groups is 1. The normalized spacial score (nSPS) is 20.8. The average molecular weight is 550 g/mol. The van der Waals surface area contributed by atoms with Crippen molar-refractivity contribution in [3.8, 4) is 5.75 Å². The lowest BCUT2D eigenvalue weighted by atomic mass is 9.64. The summed E-state index contributed by atoms with van der Waals surface area (Å²) in [4.78, 5) is 13.9. The quantitative estimate of drug-likeness (QED) is 0.319. The summed E-state index contributed by atoms with van der Waals surface area (Å²) in [6.07, 6.45) is 2.19. The number of phenolic OH excluding ortho intramolecular Hbond substituents is 1. The fourth-order valence-electron chi connectivity index (χ4n) is 5.67. The molecule has 1 saturated carbocycles. The molecule has 7 heteroatoms. The van der Waals surface area contributed by atoms with E-state index in [4.69, 9.17) is 4.74 Å². The first-order valence-corrected chi connectivity index (χ1v) is 15.0. The second-order valence-electron chi connectivity index (χ2n) is 11.5. The van der Waals surface area contributed by atoms with E-state index in [1.54, 1.807) is 24.3 Å². The number of rotatable bonds is 8. The number of phenols is 1. The number of hydrogen-bond donors (Lipinski definition) is 2. The summed E-state index contributed by atoms with van der Waals surface area (Å²) in [5, 5.41) is 10.7. The maximum atomic E-state index is 13.9. The zero-order valence-electron chi connectivity index (χ0n) is 23.3. The SMILES string of the molecule is Cc1ccc(S(=O)(=O)NC(C(=O)O[C@@H]2C[C@H](C)CC[C@H]2C(C)(C)c2ccccc2)c2cc(C)ccc2O)cc1. The molecule has 0 saturated heterocycles. The lowest BCUT2D eigenvalue weighted by Gasteiger charge is -2.44. The van der Waals surface area contributed by atoms with Crippen LogP contribution in [0.5, 0.6) is 5.75 Å². The van der Waals surface area contributed by atoms with E-state index in [0.717, 1.165) is 24.0 Å². The number of esters is 1. The Balaban J connectivity index is 1.69. The Labute approximate surface area is 232 Å². The van der Waals surface area contributed by atoms with Crippen LogP contribution in [0.1, 0.15) is 68.3 Å². The molecule has 6 nitrogen and oxygen atoms in total. The maximum absolute atomic E-state index is 13.9. The van der Waals surface area contributed by atoms with Crippen LogP contribution >= 0.6 is 0 Å². The molecule has 4 rings (SSSR count). The minimum Gasteiger partial charge on any atom is -0.508 e. The minimum absolute atomic E-state index is 0.0346. The average Bonchev–Trinajstić information content (AvgIpc) is 2.89. The second-order valence-corrected chi connectivity index (χ2v) is 13.2. The molecule has 1 unspecified atom stereocenters. The van der Waals surface area contributed by atoms with Crippen molar-refractivity contribution in [2.75, 3.05) is 0 Å². The van der Waals surface area contributed by atoms with Crippen LogP contribution in [0.4, 0.5) is 0 Å². The molecule has 4 atom stereocenters. The van der Waals surface area contributed by atoms with Gasteiger partial charge in [0, 0.05) is 11.5 Å². The van der Waals surface area contributed by atoms with E-state index in [1.807, 2.05) is 32.0 Å². The molecule has 0 bridgehead atoms. The Kier molecular flexibility index (Phi) is 8.52. The molecular weight excluding hydrogens is 510 g/mol. The van der Waals surface area contributed by atoms with Gasteiger partial charge in [-0.15, -0.1) is 0 Å². The highest BCUT2D eigenvalue weighted by atomic mass is 32.2. The largest absolute Gasteiger partial charge is 0.508 e. The molecule has 1 aliphatic carbocycles. The van der Waals surface area contributed by atoms with Gasteiger partial charge in [0.05, 0.1) is 4.90 Å². The molecule has 0 aliphatic heterocycles. The fourth-order valence-corrected chi connectivity index (χ4v) is 6.83. The van der Waals surface area contributed by atoms with Crippen molar-refractivity contribution in [1.29, 1.82) is 0 Å². The van der Waals surface area contributed by atoms with E-state index in [0.29, 0.717) is 12.3 Å². The Morgan fingerprint density at radius 1 is 0.974 bits per heavy atom. The smallest absolute Gasteiger partial charge is 0.329 e. The van der Waals surface area contributed by atoms with Crippen LogP contribution in [0.2, 0.25) is 0 Å². The topological polar surface area (TPSA) is 92.7 Å². The Bertz CT molecular complexity index is 1400. The Morgan fingerprint density at radius 2 is 1.62 bits per heavy atom. The van der Waals surface area contributed by atoms with Crippen molar-refractivity contribution < 1.29 is 23.1 Å². The van der Waals surface area contributed by atoms with Crippen LogP contribution in [-0.4, -0.2) is 25.6 Å². The molecule has 3 aromatic carbocycles. The van der Waals surface area contributed by atoms with Crippen molar-refractivity contribution in [2.24, 2.45) is 11.8 Å². The van der Waals surface area contributed by atoms with Crippen LogP contribution in [0.15, 0.2) is 77.7 Å². The van der Waals surface area contributed by atoms with Gasteiger partial charge in [0.25, 0.3) is 0 Å². The summed E-state index contributed by atoms with van der Waals surface area (Å²) in [5.74, 6) is -0.493. The van der Waals surface area contributed by atoms with Crippen LogP contribution in [0.3, 0.4) is 0 Å². The van der Waals surface area contributed by atoms with Crippen LogP contribution in [-0.2, 0) is 25.0 Å². The van der Waals surface area contributed by atoms with Crippen molar-refractivity contribution >= 4 is 16.0 Å². The van der Waals surface area contributed by atoms with Gasteiger partial charge in [-0.25, -0.2) is 13.2 Å². The predicted molar refractivity (Wildman–Crippen MR) is 153 cm³/mol. The summed E-state index contributed by atoms with van der Waals surface area (Å²) in [5.41, 5.74) is 2.76. The summed E-state index contributed by atoms with van der Waals surface area (Å²) < 4.78 is 35.5. The first kappa shape index (κ1) is 28.8. The number of hydrogen-bond acceptors (Lipinski definition) is 5. The second kappa shape index (κ2) is 11.5. The zero-order valence-corrected chi connectivity index (χ0v) is 24.2. The van der Waals surface area contributed by atoms with E-state index >= 15 is 0 Å². The van der Waals surface area contributed by atoms with Gasteiger partial charge in [-0.3, -0.25) is 0 Å². The Morgan fingerprint density at radius 3 is 2.28 bits per heavy atom. The van der Waals surface area contributed by atoms with E-state index in [9.17, 15) is 18.3 Å². The summed E-state index contributed by atoms with van der Waals surface area (Å²) in [6, 6.07) is 20.0. The molecule has 0 radical (unpaired) electrons. The summed E-state index contributed by atoms with van der Waals surface area (Å²) >= 11 is 0. The van der Waals surface area contributed by atoms with Gasteiger partial charge < -0.3 is 9.84 Å². The summed E-state index contributed by atoms with van der Waals surface area (Å²) in [7, 11) is -4.10. The molecule has 0 amide bonds. The van der Waals surface area contributed by atoms with Gasteiger partial charge in [-0.2, -0.15) is 4.72 Å². The zero-order chi connectivity index (χ0) is 28.4. The highest BCUT2D eigenvalue weighted by Gasteiger charge is 2.43. The third-order valence-corrected chi connectivity index (χ3v) is 9.54. The first-order chi connectivity index (χ1) is 18.4. The number of carbonyl (C=O) groups excluding carboxylic acids is 1. The van der Waals surface area contributed by atoms with Crippen LogP contribution < -0.4 is 4.72 Å². The third-order valence-electron chi connectivity index (χ3n) is 8.10. The monoisotopic (exact) mass is 549 g/mol. The fraction of sp³-hybridized carbons (Fsp3) is 0.406. The molecule has 2 N–H and O–H groups in total. The van der Waals surface area contributed by atoms with E-state index < -0.39 is 28.1 Å². The predicted octanol–water partition coefficient (Wildman–Crippen LogP) is 6.35. The summed E-state index contributed by atoms with van der Waals surface area (Å²) in [6.45, 7) is 10.2. The van der Waals surface area contributed by atoms with Gasteiger partial charge in [-0.05, 0) is 61.8 Å². The van der Waals surface area contributed by atoms with Gasteiger partial charge in [0.2, 0.25) is 10.0 Å². The molecule has 1 fully saturated rings. The first-order valence-electron chi connectivity index (χ1n) is 13.5. The van der Waals surface area contributed by atoms with Gasteiger partial charge in [0.15, 0.2) is 0 Å². The molecule has 3 aromatic rings. The van der Waals surface area contributed by atoms with Crippen molar-refractivity contribution in [2.45, 2.75) is 76.3 Å². The minimum atomic E-state index is -4.10. The van der Waals surface area contributed by atoms with Gasteiger partial charge in [0.1, 0.15) is 17.9 Å². The van der Waals surface area contributed by atoms with Crippen LogP contribution in [0, 0.1) is 25.7 Å². The molecule has 1 aliphatic rings. The standard InChI is InChI=1S/C32H39NO5S/c1-21-11-15-25(16-12-21)39(36,37)33-30(26-19-22(2)14-18-28(26)34)31(35)38-29-20-23(3)13-17-27(29)32(4,5)24-9-7-6-8-10-24/h6-12,14-16,18-19,23,27,29-30,33-34H,13,17,20H2,1-5H3/t23-,27-,29-,30?/m1/s1. The van der Waals surface area contributed by atoms with Crippen LogP contribution in [0.25, 0.3) is 0 Å².